The van der Waals surface area contributed by atoms with Crippen LogP contribution in [0.5, 0.6) is 0 Å². The van der Waals surface area contributed by atoms with Gasteiger partial charge < -0.3 is 10.3 Å². The summed E-state index contributed by atoms with van der Waals surface area (Å²) in [6, 6.07) is 9.18. The zero-order valence-corrected chi connectivity index (χ0v) is 17.0. The predicted octanol–water partition coefficient (Wildman–Crippen LogP) is 3.90. The number of nitrogens with two attached hydrogens (primary N) is 1. The van der Waals surface area contributed by atoms with Crippen LogP contribution in [0.15, 0.2) is 59.8 Å². The zero-order valence-electron chi connectivity index (χ0n) is 16.2. The van der Waals surface area contributed by atoms with Gasteiger partial charge in [-0.25, -0.2) is 8.42 Å². The molecule has 0 unspecified atom stereocenters. The second kappa shape index (κ2) is 7.64. The molecule has 3 aromatic rings. The van der Waals surface area contributed by atoms with Crippen LogP contribution in [0.3, 0.4) is 0 Å². The fourth-order valence-corrected chi connectivity index (χ4v) is 3.85. The molecular weight excluding hydrogens is 417 g/mol. The Morgan fingerprint density at radius 1 is 1.10 bits per heavy atom. The highest BCUT2D eigenvalue weighted by atomic mass is 32.2. The highest BCUT2D eigenvalue weighted by Crippen LogP contribution is 2.34. The molecule has 0 fully saturated rings. The summed E-state index contributed by atoms with van der Waals surface area (Å²) in [5, 5.41) is 0. The summed E-state index contributed by atoms with van der Waals surface area (Å²) >= 11 is 0. The number of hydrogen-bond acceptors (Lipinski definition) is 3. The third-order valence-corrected chi connectivity index (χ3v) is 5.81. The van der Waals surface area contributed by atoms with Crippen LogP contribution in [0, 0.1) is 6.92 Å². The lowest BCUT2D eigenvalue weighted by atomic mass is 9.98. The predicted molar refractivity (Wildman–Crippen MR) is 107 cm³/mol. The molecule has 0 atom stereocenters. The lowest BCUT2D eigenvalue weighted by Crippen LogP contribution is -2.13. The first kappa shape index (κ1) is 21.6. The Bertz CT molecular complexity index is 1210. The first-order valence-electron chi connectivity index (χ1n) is 8.84. The molecule has 2 aromatic carbocycles. The molecule has 0 saturated carbocycles. The van der Waals surface area contributed by atoms with Gasteiger partial charge in [0.05, 0.1) is 16.9 Å². The van der Waals surface area contributed by atoms with Crippen molar-refractivity contribution in [2.24, 2.45) is 5.73 Å². The molecule has 3 rings (SSSR count). The lowest BCUT2D eigenvalue weighted by molar-refractivity contribution is -0.137. The van der Waals surface area contributed by atoms with Crippen molar-refractivity contribution in [1.82, 2.24) is 4.57 Å². The largest absolute Gasteiger partial charge is 0.416 e. The van der Waals surface area contributed by atoms with Crippen molar-refractivity contribution in [2.45, 2.75) is 24.4 Å². The lowest BCUT2D eigenvalue weighted by Gasteiger charge is -2.16. The highest BCUT2D eigenvalue weighted by Gasteiger charge is 2.30. The molecule has 0 spiro atoms. The number of carbonyl (C=O) groups is 1. The number of primary amides is 1. The molecule has 5 nitrogen and oxygen atoms in total. The fraction of sp³-hybridized carbons (Fsp3) is 0.190. The van der Waals surface area contributed by atoms with E-state index in [0.29, 0.717) is 27.9 Å². The van der Waals surface area contributed by atoms with Crippen molar-refractivity contribution in [3.8, 4) is 16.8 Å². The van der Waals surface area contributed by atoms with Gasteiger partial charge in [0.1, 0.15) is 0 Å². The van der Waals surface area contributed by atoms with Crippen molar-refractivity contribution in [3.63, 3.8) is 0 Å². The Morgan fingerprint density at radius 2 is 1.73 bits per heavy atom. The minimum absolute atomic E-state index is 0.0307. The van der Waals surface area contributed by atoms with E-state index in [0.717, 1.165) is 18.4 Å². The highest BCUT2D eigenvalue weighted by molar-refractivity contribution is 7.90. The third-order valence-electron chi connectivity index (χ3n) is 4.72. The topological polar surface area (TPSA) is 82.2 Å². The van der Waals surface area contributed by atoms with E-state index in [-0.39, 0.29) is 11.3 Å². The van der Waals surface area contributed by atoms with Crippen LogP contribution >= 0.6 is 0 Å². The van der Waals surface area contributed by atoms with Gasteiger partial charge in [-0.3, -0.25) is 4.79 Å². The summed E-state index contributed by atoms with van der Waals surface area (Å²) in [7, 11) is -3.59. The summed E-state index contributed by atoms with van der Waals surface area (Å²) in [5.74, 6) is -0.500. The van der Waals surface area contributed by atoms with Crippen molar-refractivity contribution >= 4 is 15.7 Å². The number of amides is 1. The summed E-state index contributed by atoms with van der Waals surface area (Å²) in [6.45, 7) is 1.75. The standard InChI is InChI=1S/C21H19F3N2O3S/c1-13-18(15-3-5-16(6-4-15)21(22,23)24)10-17(30(2,28)29)11-19(13)26-8-7-14(12-26)9-20(25)27/h3-8,10-12H,9H2,1-2H3,(H2,25,27). The second-order valence-electron chi connectivity index (χ2n) is 7.03. The molecule has 30 heavy (non-hydrogen) atoms. The number of halogens is 3. The molecule has 2 N–H and O–H groups in total. The molecule has 9 heteroatoms. The maximum absolute atomic E-state index is 12.9. The fourth-order valence-electron chi connectivity index (χ4n) is 3.19. The maximum atomic E-state index is 12.9. The summed E-state index contributed by atoms with van der Waals surface area (Å²) < 4.78 is 64.8. The van der Waals surface area contributed by atoms with Gasteiger partial charge in [0.25, 0.3) is 0 Å². The molecular formula is C21H19F3N2O3S. The second-order valence-corrected chi connectivity index (χ2v) is 9.05. The third kappa shape index (κ3) is 4.56. The number of rotatable bonds is 5. The summed E-state index contributed by atoms with van der Waals surface area (Å²) in [5.41, 5.74) is 7.24. The molecule has 158 valence electrons. The zero-order chi connectivity index (χ0) is 22.3. The van der Waals surface area contributed by atoms with E-state index in [4.69, 9.17) is 5.73 Å². The average Bonchev–Trinajstić information content (AvgIpc) is 3.07. The van der Waals surface area contributed by atoms with E-state index in [2.05, 4.69) is 0 Å². The first-order chi connectivity index (χ1) is 13.9. The van der Waals surface area contributed by atoms with Crippen molar-refractivity contribution in [1.29, 1.82) is 0 Å². The summed E-state index contributed by atoms with van der Waals surface area (Å²) in [4.78, 5) is 11.2. The van der Waals surface area contributed by atoms with Crippen molar-refractivity contribution < 1.29 is 26.4 Å². The Balaban J connectivity index is 2.18. The van der Waals surface area contributed by atoms with E-state index in [1.807, 2.05) is 0 Å². The van der Waals surface area contributed by atoms with E-state index in [1.165, 1.54) is 24.3 Å². The van der Waals surface area contributed by atoms with E-state index < -0.39 is 27.5 Å². The van der Waals surface area contributed by atoms with Crippen LogP contribution in [0.4, 0.5) is 13.2 Å². The molecule has 1 amide bonds. The van der Waals surface area contributed by atoms with Gasteiger partial charge >= 0.3 is 6.18 Å². The van der Waals surface area contributed by atoms with Crippen LogP contribution in [0.1, 0.15) is 16.7 Å². The molecule has 0 aliphatic carbocycles. The van der Waals surface area contributed by atoms with Gasteiger partial charge in [0.2, 0.25) is 5.91 Å². The van der Waals surface area contributed by atoms with Gasteiger partial charge in [-0.05, 0) is 59.5 Å². The quantitative estimate of drug-likeness (QED) is 0.659. The monoisotopic (exact) mass is 436 g/mol. The Morgan fingerprint density at radius 3 is 2.27 bits per heavy atom. The van der Waals surface area contributed by atoms with E-state index in [9.17, 15) is 26.4 Å². The van der Waals surface area contributed by atoms with Crippen molar-refractivity contribution in [2.75, 3.05) is 6.26 Å². The van der Waals surface area contributed by atoms with Crippen molar-refractivity contribution in [3.05, 3.63) is 71.5 Å². The molecule has 0 saturated heterocycles. The van der Waals surface area contributed by atoms with E-state index in [1.54, 1.807) is 30.0 Å². The molecule has 0 aliphatic rings. The van der Waals surface area contributed by atoms with Gasteiger partial charge in [-0.2, -0.15) is 13.2 Å². The van der Waals surface area contributed by atoms with Gasteiger partial charge in [-0.15, -0.1) is 0 Å². The minimum atomic E-state index is -4.46. The Kier molecular flexibility index (Phi) is 5.51. The molecule has 1 aromatic heterocycles. The van der Waals surface area contributed by atoms with Gasteiger partial charge in [-0.1, -0.05) is 12.1 Å². The summed E-state index contributed by atoms with van der Waals surface area (Å²) in [6.07, 6.45) is -0.0378. The van der Waals surface area contributed by atoms with Crippen LogP contribution in [0.2, 0.25) is 0 Å². The number of hydrogen-bond donors (Lipinski definition) is 1. The SMILES string of the molecule is Cc1c(-c2ccc(C(F)(F)F)cc2)cc(S(C)(=O)=O)cc1-n1ccc(CC(N)=O)c1. The number of carbonyl (C=O) groups excluding carboxylic acids is 1. The van der Waals surface area contributed by atoms with Crippen LogP contribution in [0.25, 0.3) is 16.8 Å². The molecule has 0 aliphatic heterocycles. The maximum Gasteiger partial charge on any atom is 0.416 e. The van der Waals surface area contributed by atoms with Crippen LogP contribution < -0.4 is 5.73 Å². The number of nitrogens with zero attached hydrogens (tertiary/aromatic N) is 1. The minimum Gasteiger partial charge on any atom is -0.369 e. The molecule has 0 radical (unpaired) electrons. The molecule has 0 bridgehead atoms. The van der Waals surface area contributed by atoms with Crippen LogP contribution in [-0.4, -0.2) is 25.1 Å². The number of sulfone groups is 1. The van der Waals surface area contributed by atoms with E-state index >= 15 is 0 Å². The number of aromatic nitrogens is 1. The Labute approximate surface area is 171 Å². The number of alkyl halides is 3. The smallest absolute Gasteiger partial charge is 0.369 e. The van der Waals surface area contributed by atoms with Gasteiger partial charge in [0, 0.05) is 24.3 Å². The molecule has 1 heterocycles. The first-order valence-corrected chi connectivity index (χ1v) is 10.7. The Hall–Kier alpha value is -3.07. The average molecular weight is 436 g/mol. The van der Waals surface area contributed by atoms with Gasteiger partial charge in [0.15, 0.2) is 9.84 Å². The number of benzene rings is 2. The normalized spacial score (nSPS) is 12.2. The van der Waals surface area contributed by atoms with Crippen LogP contribution in [-0.2, 0) is 27.2 Å².